The molecule has 54 valence electrons. The van der Waals surface area contributed by atoms with Crippen molar-refractivity contribution in [3.63, 3.8) is 0 Å². The van der Waals surface area contributed by atoms with Crippen LogP contribution in [0.2, 0.25) is 0 Å². The van der Waals surface area contributed by atoms with Crippen LogP contribution in [0.3, 0.4) is 0 Å². The maximum absolute atomic E-state index is 2.23. The van der Waals surface area contributed by atoms with Crippen molar-refractivity contribution in [2.75, 3.05) is 0 Å². The third-order valence-corrected chi connectivity index (χ3v) is 1.67. The molecule has 0 fully saturated rings. The van der Waals surface area contributed by atoms with E-state index in [-0.39, 0.29) is 0 Å². The maximum Gasteiger partial charge on any atom is 0.00316 e. The molecule has 0 aromatic heterocycles. The van der Waals surface area contributed by atoms with E-state index in [9.17, 15) is 0 Å². The molecular formula is C8H16S. The van der Waals surface area contributed by atoms with Crippen LogP contribution in [0.25, 0.3) is 0 Å². The van der Waals surface area contributed by atoms with Crippen LogP contribution in [-0.4, -0.2) is 5.25 Å². The van der Waals surface area contributed by atoms with E-state index in [4.69, 9.17) is 0 Å². The molecule has 0 heterocycles. The summed E-state index contributed by atoms with van der Waals surface area (Å²) in [6, 6.07) is 0. The van der Waals surface area contributed by atoms with Gasteiger partial charge in [0.05, 0.1) is 0 Å². The molecule has 0 aliphatic rings. The van der Waals surface area contributed by atoms with Crippen LogP contribution >= 0.6 is 11.8 Å². The fourth-order valence-corrected chi connectivity index (χ4v) is 1.08. The van der Waals surface area contributed by atoms with Gasteiger partial charge in [0, 0.05) is 5.25 Å². The van der Waals surface area contributed by atoms with E-state index in [1.54, 1.807) is 0 Å². The molecule has 9 heavy (non-hydrogen) atoms. The molecule has 0 rings (SSSR count). The Kier molecular flexibility index (Phi) is 4.97. The number of thioether (sulfide) groups is 1. The molecule has 0 unspecified atom stereocenters. The molecule has 0 aromatic carbocycles. The Labute approximate surface area is 62.7 Å². The first-order valence-electron chi connectivity index (χ1n) is 3.45. The van der Waals surface area contributed by atoms with Gasteiger partial charge in [-0.1, -0.05) is 33.8 Å². The van der Waals surface area contributed by atoms with Crippen molar-refractivity contribution in [3.8, 4) is 0 Å². The lowest BCUT2D eigenvalue weighted by Gasteiger charge is -1.97. The monoisotopic (exact) mass is 144 g/mol. The summed E-state index contributed by atoms with van der Waals surface area (Å²) < 4.78 is 0. The number of allylic oxidation sites excluding steroid dienone is 1. The van der Waals surface area contributed by atoms with Crippen molar-refractivity contribution >= 4 is 11.8 Å². The van der Waals surface area contributed by atoms with Gasteiger partial charge in [-0.15, -0.1) is 11.8 Å². The molecule has 0 saturated heterocycles. The van der Waals surface area contributed by atoms with Crippen LogP contribution in [0.5, 0.6) is 0 Å². The molecule has 0 N–H and O–H groups in total. The van der Waals surface area contributed by atoms with Gasteiger partial charge >= 0.3 is 0 Å². The van der Waals surface area contributed by atoms with Crippen molar-refractivity contribution in [1.29, 1.82) is 0 Å². The van der Waals surface area contributed by atoms with Gasteiger partial charge in [-0.3, -0.25) is 0 Å². The second-order valence-electron chi connectivity index (χ2n) is 2.76. The van der Waals surface area contributed by atoms with Gasteiger partial charge in [-0.2, -0.15) is 0 Å². The van der Waals surface area contributed by atoms with E-state index in [1.165, 1.54) is 0 Å². The normalized spacial score (nSPS) is 12.2. The van der Waals surface area contributed by atoms with E-state index in [2.05, 4.69) is 39.2 Å². The van der Waals surface area contributed by atoms with Crippen molar-refractivity contribution in [2.45, 2.75) is 32.9 Å². The Morgan fingerprint density at radius 2 is 1.67 bits per heavy atom. The lowest BCUT2D eigenvalue weighted by molar-refractivity contribution is 0.833. The first-order chi connectivity index (χ1) is 4.13. The fraction of sp³-hybridized carbons (Fsp3) is 0.750. The predicted molar refractivity (Wildman–Crippen MR) is 46.7 cm³/mol. The standard InChI is InChI=1S/C8H16S/c1-7(2)5-6-9-8(3)4/h5-8H,1-4H3/b6-5+. The lowest BCUT2D eigenvalue weighted by Crippen LogP contribution is -1.82. The van der Waals surface area contributed by atoms with E-state index in [0.29, 0.717) is 5.92 Å². The zero-order valence-electron chi connectivity index (χ0n) is 6.72. The van der Waals surface area contributed by atoms with Gasteiger partial charge in [0.1, 0.15) is 0 Å². The van der Waals surface area contributed by atoms with Crippen LogP contribution in [-0.2, 0) is 0 Å². The third-order valence-electron chi connectivity index (χ3n) is 0.814. The minimum absolute atomic E-state index is 0.691. The van der Waals surface area contributed by atoms with Gasteiger partial charge in [-0.25, -0.2) is 0 Å². The highest BCUT2D eigenvalue weighted by atomic mass is 32.2. The lowest BCUT2D eigenvalue weighted by atomic mass is 10.2. The van der Waals surface area contributed by atoms with E-state index in [0.717, 1.165) is 5.25 Å². The van der Waals surface area contributed by atoms with Crippen LogP contribution < -0.4 is 0 Å². The average Bonchev–Trinajstić information content (AvgIpc) is 1.63. The highest BCUT2D eigenvalue weighted by Gasteiger charge is 1.87. The van der Waals surface area contributed by atoms with Gasteiger partial charge in [-0.05, 0) is 11.3 Å². The minimum atomic E-state index is 0.691. The van der Waals surface area contributed by atoms with Gasteiger partial charge in [0.15, 0.2) is 0 Å². The summed E-state index contributed by atoms with van der Waals surface area (Å²) in [5.41, 5.74) is 0. The fourth-order valence-electron chi connectivity index (χ4n) is 0.360. The summed E-state index contributed by atoms with van der Waals surface area (Å²) in [5.74, 6) is 0.691. The van der Waals surface area contributed by atoms with Crippen LogP contribution in [0.1, 0.15) is 27.7 Å². The molecule has 0 radical (unpaired) electrons. The molecule has 0 aliphatic heterocycles. The summed E-state index contributed by atoms with van der Waals surface area (Å²) >= 11 is 1.88. The Morgan fingerprint density at radius 1 is 1.11 bits per heavy atom. The molecule has 0 amide bonds. The quantitative estimate of drug-likeness (QED) is 0.585. The van der Waals surface area contributed by atoms with Crippen molar-refractivity contribution in [3.05, 3.63) is 11.5 Å². The highest BCUT2D eigenvalue weighted by Crippen LogP contribution is 2.11. The molecule has 0 spiro atoms. The Balaban J connectivity index is 3.25. The Bertz CT molecular complexity index is 82.6. The van der Waals surface area contributed by atoms with E-state index in [1.807, 2.05) is 11.8 Å². The van der Waals surface area contributed by atoms with Gasteiger partial charge in [0.2, 0.25) is 0 Å². The van der Waals surface area contributed by atoms with Crippen LogP contribution in [0, 0.1) is 5.92 Å². The topological polar surface area (TPSA) is 0 Å². The van der Waals surface area contributed by atoms with Crippen LogP contribution in [0.4, 0.5) is 0 Å². The van der Waals surface area contributed by atoms with E-state index >= 15 is 0 Å². The molecule has 0 aliphatic carbocycles. The van der Waals surface area contributed by atoms with Crippen molar-refractivity contribution in [1.82, 2.24) is 0 Å². The third kappa shape index (κ3) is 8.09. The summed E-state index contributed by atoms with van der Waals surface area (Å²) in [4.78, 5) is 0. The number of rotatable bonds is 3. The van der Waals surface area contributed by atoms with Crippen molar-refractivity contribution < 1.29 is 0 Å². The van der Waals surface area contributed by atoms with Gasteiger partial charge in [0.25, 0.3) is 0 Å². The number of hydrogen-bond donors (Lipinski definition) is 0. The molecule has 0 nitrogen and oxygen atoms in total. The Morgan fingerprint density at radius 3 is 2.00 bits per heavy atom. The molecular weight excluding hydrogens is 128 g/mol. The molecule has 1 heteroatoms. The minimum Gasteiger partial charge on any atom is -0.132 e. The first kappa shape index (κ1) is 9.09. The SMILES string of the molecule is CC(C)/C=C/SC(C)C. The molecule has 0 aromatic rings. The smallest absolute Gasteiger partial charge is 0.00316 e. The second kappa shape index (κ2) is 4.92. The highest BCUT2D eigenvalue weighted by molar-refractivity contribution is 8.02. The molecule has 0 saturated carbocycles. The summed E-state index contributed by atoms with van der Waals surface area (Å²) in [6.07, 6.45) is 2.23. The Hall–Kier alpha value is 0.0900. The summed E-state index contributed by atoms with van der Waals surface area (Å²) in [6.45, 7) is 8.79. The van der Waals surface area contributed by atoms with Gasteiger partial charge < -0.3 is 0 Å². The predicted octanol–water partition coefficient (Wildman–Crippen LogP) is 3.30. The number of hydrogen-bond acceptors (Lipinski definition) is 1. The summed E-state index contributed by atoms with van der Waals surface area (Å²) in [7, 11) is 0. The molecule has 0 bridgehead atoms. The maximum atomic E-state index is 2.23. The summed E-state index contributed by atoms with van der Waals surface area (Å²) in [5, 5.41) is 2.91. The zero-order valence-corrected chi connectivity index (χ0v) is 7.53. The first-order valence-corrected chi connectivity index (χ1v) is 4.39. The average molecular weight is 144 g/mol. The van der Waals surface area contributed by atoms with Crippen LogP contribution in [0.15, 0.2) is 11.5 Å². The second-order valence-corrected chi connectivity index (χ2v) is 4.24. The largest absolute Gasteiger partial charge is 0.132 e. The van der Waals surface area contributed by atoms with E-state index < -0.39 is 0 Å². The zero-order chi connectivity index (χ0) is 7.28. The van der Waals surface area contributed by atoms with Crippen molar-refractivity contribution in [2.24, 2.45) is 5.92 Å². The molecule has 0 atom stereocenters.